The topological polar surface area (TPSA) is 73.5 Å². The van der Waals surface area contributed by atoms with Crippen LogP contribution in [-0.2, 0) is 0 Å². The zero-order valence-corrected chi connectivity index (χ0v) is 16.4. The number of nitrogens with zero attached hydrogens (tertiary/aromatic N) is 1. The van der Waals surface area contributed by atoms with Gasteiger partial charge in [0.15, 0.2) is 0 Å². The first kappa shape index (κ1) is 20.5. The zero-order valence-electron chi connectivity index (χ0n) is 15.6. The molecule has 144 valence electrons. The second-order valence-corrected chi connectivity index (χ2v) is 7.51. The number of hydrogen-bond acceptors (Lipinski definition) is 3. The summed E-state index contributed by atoms with van der Waals surface area (Å²) < 4.78 is 0. The van der Waals surface area contributed by atoms with E-state index in [2.05, 4.69) is 16.0 Å². The first-order valence-electron chi connectivity index (χ1n) is 9.13. The number of carbonyl (C=O) groups excluding carboxylic acids is 2. The van der Waals surface area contributed by atoms with Crippen molar-refractivity contribution in [2.75, 3.05) is 12.4 Å². The third-order valence-electron chi connectivity index (χ3n) is 5.13. The summed E-state index contributed by atoms with van der Waals surface area (Å²) in [6.45, 7) is 3.81. The van der Waals surface area contributed by atoms with Crippen molar-refractivity contribution in [3.8, 4) is 0 Å². The summed E-state index contributed by atoms with van der Waals surface area (Å²) in [5.74, 6) is 0.0458. The van der Waals surface area contributed by atoms with Gasteiger partial charge in [-0.05, 0) is 63.8 Å². The van der Waals surface area contributed by atoms with Crippen molar-refractivity contribution < 1.29 is 9.59 Å². The number of halogens is 1. The molecule has 2 aliphatic heterocycles. The molecular formula is C19H29ClN4O2. The predicted octanol–water partition coefficient (Wildman–Crippen LogP) is 2.99. The predicted molar refractivity (Wildman–Crippen MR) is 106 cm³/mol. The fraction of sp³-hybridized carbons (Fsp3) is 0.579. The number of benzene rings is 1. The number of amides is 3. The average molecular weight is 381 g/mol. The number of piperidine rings is 1. The van der Waals surface area contributed by atoms with Crippen LogP contribution in [0, 0.1) is 0 Å². The molecule has 3 N–H and O–H groups in total. The highest BCUT2D eigenvalue weighted by Crippen LogP contribution is 2.29. The Morgan fingerprint density at radius 3 is 2.23 bits per heavy atom. The molecule has 2 aliphatic rings. The highest BCUT2D eigenvalue weighted by molar-refractivity contribution is 5.95. The molecule has 2 atom stereocenters. The summed E-state index contributed by atoms with van der Waals surface area (Å²) in [7, 11) is 1.90. The van der Waals surface area contributed by atoms with Gasteiger partial charge in [0.1, 0.15) is 0 Å². The highest BCUT2D eigenvalue weighted by atomic mass is 35.5. The van der Waals surface area contributed by atoms with Crippen molar-refractivity contribution in [1.29, 1.82) is 0 Å². The van der Waals surface area contributed by atoms with E-state index in [4.69, 9.17) is 0 Å². The summed E-state index contributed by atoms with van der Waals surface area (Å²) in [5.41, 5.74) is 1.33. The molecule has 0 saturated carbocycles. The molecule has 0 aromatic heterocycles. The lowest BCUT2D eigenvalue weighted by Crippen LogP contribution is -2.48. The van der Waals surface area contributed by atoms with Gasteiger partial charge in [-0.15, -0.1) is 12.4 Å². The van der Waals surface area contributed by atoms with E-state index in [0.29, 0.717) is 29.4 Å². The third-order valence-corrected chi connectivity index (χ3v) is 5.13. The fourth-order valence-corrected chi connectivity index (χ4v) is 3.84. The maximum absolute atomic E-state index is 12.8. The monoisotopic (exact) mass is 380 g/mol. The second kappa shape index (κ2) is 8.73. The van der Waals surface area contributed by atoms with Gasteiger partial charge in [-0.2, -0.15) is 0 Å². The Kier molecular flexibility index (Phi) is 6.89. The van der Waals surface area contributed by atoms with E-state index < -0.39 is 0 Å². The molecule has 0 aliphatic carbocycles. The number of rotatable bonds is 4. The molecule has 26 heavy (non-hydrogen) atoms. The van der Waals surface area contributed by atoms with E-state index in [1.54, 1.807) is 24.3 Å². The van der Waals surface area contributed by atoms with Crippen LogP contribution in [0.25, 0.3) is 0 Å². The van der Waals surface area contributed by atoms with Crippen molar-refractivity contribution in [2.45, 2.75) is 63.7 Å². The van der Waals surface area contributed by atoms with Crippen LogP contribution < -0.4 is 16.0 Å². The minimum atomic E-state index is -0.239. The van der Waals surface area contributed by atoms with Gasteiger partial charge >= 0.3 is 6.03 Å². The van der Waals surface area contributed by atoms with Gasteiger partial charge in [0.25, 0.3) is 5.91 Å². The summed E-state index contributed by atoms with van der Waals surface area (Å²) in [6.07, 6.45) is 4.52. The van der Waals surface area contributed by atoms with Crippen LogP contribution in [0.4, 0.5) is 10.5 Å². The first-order valence-corrected chi connectivity index (χ1v) is 9.13. The molecule has 2 fully saturated rings. The summed E-state index contributed by atoms with van der Waals surface area (Å²) in [6, 6.07) is 8.36. The Hall–Kier alpha value is -1.79. The minimum Gasteiger partial charge on any atom is -0.339 e. The van der Waals surface area contributed by atoms with E-state index in [1.807, 2.05) is 25.8 Å². The van der Waals surface area contributed by atoms with E-state index in [1.165, 1.54) is 12.8 Å². The van der Waals surface area contributed by atoms with Gasteiger partial charge < -0.3 is 20.9 Å². The summed E-state index contributed by atoms with van der Waals surface area (Å²) >= 11 is 0. The number of carbonyl (C=O) groups is 2. The van der Waals surface area contributed by atoms with Gasteiger partial charge in [-0.1, -0.05) is 0 Å². The number of nitrogens with one attached hydrogen (secondary N) is 3. The van der Waals surface area contributed by atoms with Crippen LogP contribution in [0.3, 0.4) is 0 Å². The van der Waals surface area contributed by atoms with Gasteiger partial charge in [0.2, 0.25) is 0 Å². The van der Waals surface area contributed by atoms with Gasteiger partial charge in [-0.25, -0.2) is 4.79 Å². The Balaban J connectivity index is 0.00000243. The number of fused-ring (bicyclic) bond motifs is 2. The molecule has 0 spiro atoms. The largest absolute Gasteiger partial charge is 0.339 e. The Morgan fingerprint density at radius 2 is 1.69 bits per heavy atom. The lowest BCUT2D eigenvalue weighted by molar-refractivity contribution is 0.0681. The maximum Gasteiger partial charge on any atom is 0.319 e. The molecule has 0 radical (unpaired) electrons. The fourth-order valence-electron chi connectivity index (χ4n) is 3.84. The zero-order chi connectivity index (χ0) is 18.0. The molecule has 3 amide bonds. The SMILES string of the molecule is CC(C)NC(=O)Nc1ccc(C(=O)N(C)C2CC3CCC(C2)N3)cc1.Cl. The van der Waals surface area contributed by atoms with Gasteiger partial charge in [0.05, 0.1) is 0 Å². The molecule has 2 bridgehead atoms. The molecule has 1 aromatic carbocycles. The van der Waals surface area contributed by atoms with Crippen molar-refractivity contribution >= 4 is 30.0 Å². The van der Waals surface area contributed by atoms with E-state index in [-0.39, 0.29) is 30.4 Å². The number of hydrogen-bond donors (Lipinski definition) is 3. The van der Waals surface area contributed by atoms with Crippen molar-refractivity contribution in [2.24, 2.45) is 0 Å². The molecule has 2 unspecified atom stereocenters. The normalized spacial score (nSPS) is 23.9. The molecule has 2 saturated heterocycles. The van der Waals surface area contributed by atoms with Crippen LogP contribution >= 0.6 is 12.4 Å². The Labute approximate surface area is 161 Å². The molecular weight excluding hydrogens is 352 g/mol. The van der Waals surface area contributed by atoms with Crippen LogP contribution in [-0.4, -0.2) is 48.1 Å². The van der Waals surface area contributed by atoms with Gasteiger partial charge in [-0.3, -0.25) is 4.79 Å². The molecule has 2 heterocycles. The number of anilines is 1. The van der Waals surface area contributed by atoms with E-state index in [9.17, 15) is 9.59 Å². The maximum atomic E-state index is 12.8. The highest BCUT2D eigenvalue weighted by Gasteiger charge is 2.36. The average Bonchev–Trinajstić information content (AvgIpc) is 2.91. The van der Waals surface area contributed by atoms with E-state index in [0.717, 1.165) is 12.8 Å². The molecule has 7 heteroatoms. The third kappa shape index (κ3) is 4.89. The first-order chi connectivity index (χ1) is 11.9. The van der Waals surface area contributed by atoms with Crippen LogP contribution in [0.5, 0.6) is 0 Å². The quantitative estimate of drug-likeness (QED) is 0.751. The molecule has 1 aromatic rings. The minimum absolute atomic E-state index is 0. The smallest absolute Gasteiger partial charge is 0.319 e. The molecule has 3 rings (SSSR count). The van der Waals surface area contributed by atoms with E-state index >= 15 is 0 Å². The van der Waals surface area contributed by atoms with Crippen molar-refractivity contribution in [3.05, 3.63) is 29.8 Å². The Bertz CT molecular complexity index is 623. The summed E-state index contributed by atoms with van der Waals surface area (Å²) in [5, 5.41) is 9.15. The lowest BCUT2D eigenvalue weighted by atomic mass is 9.98. The number of urea groups is 1. The second-order valence-electron chi connectivity index (χ2n) is 7.51. The summed E-state index contributed by atoms with van der Waals surface area (Å²) in [4.78, 5) is 26.4. The standard InChI is InChI=1S/C19H28N4O2.ClH/c1-12(2)20-19(25)22-14-6-4-13(5-7-14)18(24)23(3)17-10-15-8-9-16(11-17)21-15;/h4-7,12,15-17,21H,8-11H2,1-3H3,(H2,20,22,25);1H. The van der Waals surface area contributed by atoms with Crippen LogP contribution in [0.15, 0.2) is 24.3 Å². The molecule has 6 nitrogen and oxygen atoms in total. The van der Waals surface area contributed by atoms with Crippen molar-refractivity contribution in [3.63, 3.8) is 0 Å². The lowest BCUT2D eigenvalue weighted by Gasteiger charge is -2.35. The van der Waals surface area contributed by atoms with Crippen molar-refractivity contribution in [1.82, 2.24) is 15.5 Å². The van der Waals surface area contributed by atoms with Crippen LogP contribution in [0.1, 0.15) is 49.9 Å². The van der Waals surface area contributed by atoms with Gasteiger partial charge in [0, 0.05) is 42.5 Å². The Morgan fingerprint density at radius 1 is 1.12 bits per heavy atom. The van der Waals surface area contributed by atoms with Crippen LogP contribution in [0.2, 0.25) is 0 Å².